The molecule has 3 saturated heterocycles. The molecule has 4 N–H and O–H groups in total. The molecule has 0 saturated carbocycles. The Bertz CT molecular complexity index is 415. The molecule has 0 spiro atoms. The normalized spacial score (nSPS) is 17.0. The Morgan fingerprint density at radius 1 is 0.655 bits per heavy atom. The predicted octanol–water partition coefficient (Wildman–Crippen LogP) is -0.0352. The summed E-state index contributed by atoms with van der Waals surface area (Å²) < 4.78 is 0. The second kappa shape index (κ2) is 16.1. The van der Waals surface area contributed by atoms with Gasteiger partial charge in [-0.1, -0.05) is 13.8 Å². The van der Waals surface area contributed by atoms with Crippen LogP contribution in [-0.2, 0) is 14.4 Å². The van der Waals surface area contributed by atoms with Crippen molar-refractivity contribution in [2.75, 3.05) is 65.5 Å². The summed E-state index contributed by atoms with van der Waals surface area (Å²) in [4.78, 5) is 36.0. The Balaban J connectivity index is 0.000000367. The van der Waals surface area contributed by atoms with Gasteiger partial charge < -0.3 is 35.1 Å². The van der Waals surface area contributed by atoms with E-state index in [9.17, 15) is 14.4 Å². The monoisotopic (exact) mass is 419 g/mol. The van der Waals surface area contributed by atoms with E-state index in [1.165, 1.54) is 0 Å². The van der Waals surface area contributed by atoms with Crippen LogP contribution in [0.2, 0.25) is 0 Å². The lowest BCUT2D eigenvalue weighted by Crippen LogP contribution is -2.05. The zero-order valence-corrected chi connectivity index (χ0v) is 17.6. The zero-order valence-electron chi connectivity index (χ0n) is 17.6. The van der Waals surface area contributed by atoms with Gasteiger partial charge in [-0.25, -0.2) is 0 Å². The smallest absolute Gasteiger partial charge is 0.304 e. The molecule has 10 nitrogen and oxygen atoms in total. The van der Waals surface area contributed by atoms with Crippen LogP contribution in [0.1, 0.15) is 33.1 Å². The number of carbonyl (C=O) groups is 3. The minimum atomic E-state index is -0.697. The average molecular weight is 420 g/mol. The number of carboxylic acid groups (broad SMARTS) is 3. The van der Waals surface area contributed by atoms with Gasteiger partial charge in [0.25, 0.3) is 0 Å². The van der Waals surface area contributed by atoms with Crippen LogP contribution in [0.5, 0.6) is 0 Å². The standard InChI is InChI=1S/3C5H9NO2.C4H10O/c3*7-5(8)1-2-6-3-4-6;1-4(2)3-5/h3*1-4H2,(H,7,8);4-5H,3H2,1-2H3. The highest BCUT2D eigenvalue weighted by Crippen LogP contribution is 2.03. The van der Waals surface area contributed by atoms with E-state index in [0.29, 0.717) is 31.8 Å². The molecule has 0 atom stereocenters. The first-order valence-electron chi connectivity index (χ1n) is 10.1. The summed E-state index contributed by atoms with van der Waals surface area (Å²) in [6.45, 7) is 13.0. The van der Waals surface area contributed by atoms with Crippen molar-refractivity contribution in [3.05, 3.63) is 0 Å². The lowest BCUT2D eigenvalue weighted by Gasteiger charge is -1.92. The topological polar surface area (TPSA) is 141 Å². The molecule has 3 rings (SSSR count). The third-order valence-corrected chi connectivity index (χ3v) is 3.91. The van der Waals surface area contributed by atoms with E-state index in [4.69, 9.17) is 20.4 Å². The first kappa shape index (κ1) is 27.2. The first-order valence-corrected chi connectivity index (χ1v) is 10.1. The second-order valence-corrected chi connectivity index (χ2v) is 7.53. The van der Waals surface area contributed by atoms with Crippen molar-refractivity contribution < 1.29 is 34.8 Å². The molecule has 10 heteroatoms. The van der Waals surface area contributed by atoms with E-state index >= 15 is 0 Å². The highest BCUT2D eigenvalue weighted by atomic mass is 16.4. The van der Waals surface area contributed by atoms with E-state index in [1.807, 2.05) is 13.8 Å². The minimum Gasteiger partial charge on any atom is -0.481 e. The molecule has 0 bridgehead atoms. The highest BCUT2D eigenvalue weighted by molar-refractivity contribution is 5.67. The van der Waals surface area contributed by atoms with Gasteiger partial charge in [0.2, 0.25) is 0 Å². The van der Waals surface area contributed by atoms with Gasteiger partial charge in [-0.2, -0.15) is 0 Å². The van der Waals surface area contributed by atoms with Crippen LogP contribution < -0.4 is 0 Å². The molecule has 3 fully saturated rings. The maximum absolute atomic E-state index is 9.90. The molecule has 3 aliphatic rings. The molecule has 0 aliphatic carbocycles. The van der Waals surface area contributed by atoms with Crippen molar-refractivity contribution in [2.45, 2.75) is 33.1 Å². The summed E-state index contributed by atoms with van der Waals surface area (Å²) in [5, 5.41) is 32.6. The molecule has 170 valence electrons. The summed E-state index contributed by atoms with van der Waals surface area (Å²) in [7, 11) is 0. The van der Waals surface area contributed by atoms with E-state index in [-0.39, 0.29) is 0 Å². The van der Waals surface area contributed by atoms with Gasteiger partial charge in [0.05, 0.1) is 19.3 Å². The van der Waals surface area contributed by atoms with Gasteiger partial charge in [-0.05, 0) is 5.92 Å². The number of aliphatic hydroxyl groups is 1. The van der Waals surface area contributed by atoms with Gasteiger partial charge in [-0.15, -0.1) is 0 Å². The Kier molecular flexibility index (Phi) is 15.1. The van der Waals surface area contributed by atoms with Crippen LogP contribution >= 0.6 is 0 Å². The lowest BCUT2D eigenvalue weighted by atomic mass is 10.2. The Labute approximate surface area is 172 Å². The number of aliphatic carboxylic acids is 3. The number of hydrogen-bond donors (Lipinski definition) is 4. The fraction of sp³-hybridized carbons (Fsp3) is 0.842. The maximum Gasteiger partial charge on any atom is 0.304 e. The Morgan fingerprint density at radius 3 is 0.966 bits per heavy atom. The third-order valence-electron chi connectivity index (χ3n) is 3.91. The average Bonchev–Trinajstić information content (AvgIpc) is 3.48. The van der Waals surface area contributed by atoms with E-state index in [1.54, 1.807) is 0 Å². The highest BCUT2D eigenvalue weighted by Gasteiger charge is 2.18. The van der Waals surface area contributed by atoms with Gasteiger partial charge >= 0.3 is 17.9 Å². The molecule has 0 unspecified atom stereocenters. The zero-order chi connectivity index (χ0) is 22.2. The summed E-state index contributed by atoms with van der Waals surface area (Å²) in [5.41, 5.74) is 0. The second-order valence-electron chi connectivity index (χ2n) is 7.53. The van der Waals surface area contributed by atoms with Crippen molar-refractivity contribution >= 4 is 17.9 Å². The molecule has 3 heterocycles. The Morgan fingerprint density at radius 2 is 0.862 bits per heavy atom. The lowest BCUT2D eigenvalue weighted by molar-refractivity contribution is -0.138. The first-order chi connectivity index (χ1) is 13.6. The van der Waals surface area contributed by atoms with Gasteiger partial charge in [0.15, 0.2) is 0 Å². The summed E-state index contributed by atoms with van der Waals surface area (Å²) in [6.07, 6.45) is 0.875. The number of nitrogens with zero attached hydrogens (tertiary/aromatic N) is 3. The molecule has 0 aromatic rings. The van der Waals surface area contributed by atoms with E-state index < -0.39 is 17.9 Å². The van der Waals surface area contributed by atoms with Crippen molar-refractivity contribution in [2.24, 2.45) is 5.92 Å². The SMILES string of the molecule is CC(C)CO.O=C(O)CCN1CC1.O=C(O)CCN1CC1.O=C(O)CCN1CC1. The minimum absolute atomic E-state index is 0.292. The fourth-order valence-electron chi connectivity index (χ4n) is 1.64. The molecule has 3 aliphatic heterocycles. The van der Waals surface area contributed by atoms with E-state index in [0.717, 1.165) is 58.9 Å². The van der Waals surface area contributed by atoms with Crippen LogP contribution in [0.15, 0.2) is 0 Å². The number of rotatable bonds is 10. The predicted molar refractivity (Wildman–Crippen MR) is 108 cm³/mol. The number of aliphatic hydroxyl groups excluding tert-OH is 1. The van der Waals surface area contributed by atoms with Crippen LogP contribution in [0, 0.1) is 5.92 Å². The van der Waals surface area contributed by atoms with Crippen molar-refractivity contribution in [3.8, 4) is 0 Å². The molecule has 0 aromatic heterocycles. The molecule has 0 aromatic carbocycles. The maximum atomic E-state index is 9.90. The molecule has 0 radical (unpaired) electrons. The van der Waals surface area contributed by atoms with Crippen molar-refractivity contribution in [1.29, 1.82) is 0 Å². The Hall–Kier alpha value is -1.75. The van der Waals surface area contributed by atoms with Gasteiger partial charge in [0.1, 0.15) is 0 Å². The van der Waals surface area contributed by atoms with Gasteiger partial charge in [-0.3, -0.25) is 14.4 Å². The molecular formula is C19H37N3O7. The molecular weight excluding hydrogens is 382 g/mol. The van der Waals surface area contributed by atoms with E-state index in [2.05, 4.69) is 14.7 Å². The molecule has 0 amide bonds. The quantitative estimate of drug-likeness (QED) is 0.357. The fourth-order valence-corrected chi connectivity index (χ4v) is 1.64. The third kappa shape index (κ3) is 26.2. The van der Waals surface area contributed by atoms with Crippen LogP contribution in [0.4, 0.5) is 0 Å². The van der Waals surface area contributed by atoms with Crippen molar-refractivity contribution in [3.63, 3.8) is 0 Å². The summed E-state index contributed by atoms with van der Waals surface area (Å²) in [5.74, 6) is -1.65. The van der Waals surface area contributed by atoms with Crippen LogP contribution in [-0.4, -0.2) is 119 Å². The van der Waals surface area contributed by atoms with Crippen LogP contribution in [0.3, 0.4) is 0 Å². The van der Waals surface area contributed by atoms with Crippen molar-refractivity contribution in [1.82, 2.24) is 14.7 Å². The van der Waals surface area contributed by atoms with Gasteiger partial charge in [0, 0.05) is 65.5 Å². The number of hydrogen-bond acceptors (Lipinski definition) is 7. The summed E-state index contributed by atoms with van der Waals surface area (Å²) >= 11 is 0. The number of carboxylic acids is 3. The summed E-state index contributed by atoms with van der Waals surface area (Å²) in [6, 6.07) is 0. The largest absolute Gasteiger partial charge is 0.481 e. The van der Waals surface area contributed by atoms with Crippen LogP contribution in [0.25, 0.3) is 0 Å². The molecule has 29 heavy (non-hydrogen) atoms.